The van der Waals surface area contributed by atoms with Gasteiger partial charge in [0.25, 0.3) is 0 Å². The van der Waals surface area contributed by atoms with Gasteiger partial charge in [-0.15, -0.1) is 0 Å². The Balaban J connectivity index is 1.56. The predicted octanol–water partition coefficient (Wildman–Crippen LogP) is 3.49. The maximum atomic E-state index is 12.5. The van der Waals surface area contributed by atoms with E-state index in [9.17, 15) is 9.59 Å². The average molecular weight is 465 g/mol. The van der Waals surface area contributed by atoms with Crippen molar-refractivity contribution >= 4 is 23.5 Å². The van der Waals surface area contributed by atoms with E-state index in [1.165, 1.54) is 13.5 Å². The number of anilines is 2. The number of hydrogen-bond acceptors (Lipinski definition) is 8. The lowest BCUT2D eigenvalue weighted by Gasteiger charge is -2.14. The van der Waals surface area contributed by atoms with Gasteiger partial charge in [0.2, 0.25) is 0 Å². The fraction of sp³-hybridized carbons (Fsp3) is 0.217. The van der Waals surface area contributed by atoms with Crippen molar-refractivity contribution in [2.45, 2.75) is 19.1 Å². The summed E-state index contributed by atoms with van der Waals surface area (Å²) in [6.45, 7) is -0.314. The molecule has 0 fully saturated rings. The van der Waals surface area contributed by atoms with Crippen LogP contribution in [0.25, 0.3) is 11.3 Å². The Hall–Kier alpha value is -4.56. The third-order valence-electron chi connectivity index (χ3n) is 4.58. The highest BCUT2D eigenvalue weighted by Gasteiger charge is 2.14. The lowest BCUT2D eigenvalue weighted by atomic mass is 10.1. The van der Waals surface area contributed by atoms with Crippen LogP contribution in [0.1, 0.15) is 12.0 Å². The standard InChI is InChI=1S/C23H23N5O6/c1-32-20-10-17(5-6-19(20)21-12-25-14-33-21)28-22(30)27-16-4-2-3-15(9-16)11-26-23(31)34-18(13-29)7-8-24/h2-6,9-10,12,14,18,29H,7,11,13H2,1H3,(H,26,31)(H2,27,28,30)/t18-/m1/s1. The third-order valence-corrected chi connectivity index (χ3v) is 4.58. The van der Waals surface area contributed by atoms with E-state index in [1.54, 1.807) is 48.7 Å². The number of alkyl carbamates (subject to hydrolysis) is 1. The first kappa shape index (κ1) is 24.1. The molecule has 4 N–H and O–H groups in total. The van der Waals surface area contributed by atoms with Crippen molar-refractivity contribution in [2.24, 2.45) is 0 Å². The summed E-state index contributed by atoms with van der Waals surface area (Å²) >= 11 is 0. The van der Waals surface area contributed by atoms with Crippen LogP contribution in [0.15, 0.2) is 59.5 Å². The van der Waals surface area contributed by atoms with E-state index in [1.807, 2.05) is 6.07 Å². The van der Waals surface area contributed by atoms with E-state index in [2.05, 4.69) is 20.9 Å². The SMILES string of the molecule is COc1cc(NC(=O)Nc2cccc(CNC(=O)O[C@@H](CO)CC#N)c2)ccc1-c1cnco1. The molecule has 0 aliphatic rings. The summed E-state index contributed by atoms with van der Waals surface area (Å²) in [5.74, 6) is 1.05. The number of aromatic nitrogens is 1. The molecule has 3 aromatic rings. The molecule has 176 valence electrons. The number of urea groups is 1. The topological polar surface area (TPSA) is 159 Å². The number of nitrogens with one attached hydrogen (secondary N) is 3. The van der Waals surface area contributed by atoms with Crippen LogP contribution in [0.3, 0.4) is 0 Å². The highest BCUT2D eigenvalue weighted by atomic mass is 16.6. The Labute approximate surface area is 195 Å². The fourth-order valence-corrected chi connectivity index (χ4v) is 2.99. The van der Waals surface area contributed by atoms with Gasteiger partial charge in [-0.05, 0) is 29.8 Å². The number of benzene rings is 2. The lowest BCUT2D eigenvalue weighted by Crippen LogP contribution is -2.30. The molecule has 1 atom stereocenters. The second kappa shape index (κ2) is 11.9. The summed E-state index contributed by atoms with van der Waals surface area (Å²) in [5.41, 5.74) is 2.42. The van der Waals surface area contributed by atoms with E-state index in [4.69, 9.17) is 24.3 Å². The molecule has 1 heterocycles. The maximum absolute atomic E-state index is 12.5. The minimum Gasteiger partial charge on any atom is -0.496 e. The van der Waals surface area contributed by atoms with Gasteiger partial charge in [-0.2, -0.15) is 5.26 Å². The molecule has 34 heavy (non-hydrogen) atoms. The second-order valence-corrected chi connectivity index (χ2v) is 6.99. The Morgan fingerprint density at radius 3 is 2.68 bits per heavy atom. The molecule has 3 rings (SSSR count). The monoisotopic (exact) mass is 465 g/mol. The van der Waals surface area contributed by atoms with Crippen molar-refractivity contribution in [3.8, 4) is 23.1 Å². The molecular weight excluding hydrogens is 442 g/mol. The number of aliphatic hydroxyl groups is 1. The number of rotatable bonds is 9. The van der Waals surface area contributed by atoms with Crippen molar-refractivity contribution in [1.29, 1.82) is 5.26 Å². The molecule has 11 heteroatoms. The highest BCUT2D eigenvalue weighted by molar-refractivity contribution is 6.00. The summed E-state index contributed by atoms with van der Waals surface area (Å²) in [7, 11) is 1.52. The smallest absolute Gasteiger partial charge is 0.407 e. The number of nitrogens with zero attached hydrogens (tertiary/aromatic N) is 2. The van der Waals surface area contributed by atoms with Gasteiger partial charge in [0.15, 0.2) is 12.2 Å². The largest absolute Gasteiger partial charge is 0.496 e. The lowest BCUT2D eigenvalue weighted by molar-refractivity contribution is 0.0600. The molecule has 0 spiro atoms. The minimum atomic E-state index is -0.884. The zero-order valence-electron chi connectivity index (χ0n) is 18.3. The molecule has 0 bridgehead atoms. The van der Waals surface area contributed by atoms with E-state index in [0.29, 0.717) is 34.0 Å². The van der Waals surface area contributed by atoms with Gasteiger partial charge in [-0.25, -0.2) is 14.6 Å². The molecule has 3 amide bonds. The van der Waals surface area contributed by atoms with Crippen molar-refractivity contribution < 1.29 is 28.6 Å². The summed E-state index contributed by atoms with van der Waals surface area (Å²) in [6, 6.07) is 13.3. The van der Waals surface area contributed by atoms with Crippen LogP contribution < -0.4 is 20.7 Å². The van der Waals surface area contributed by atoms with Crippen LogP contribution in [0.4, 0.5) is 21.0 Å². The minimum absolute atomic E-state index is 0.104. The molecule has 0 aliphatic heterocycles. The van der Waals surface area contributed by atoms with Gasteiger partial charge in [0, 0.05) is 24.0 Å². The number of aliphatic hydroxyl groups excluding tert-OH is 1. The number of oxazole rings is 1. The first-order valence-corrected chi connectivity index (χ1v) is 10.2. The van der Waals surface area contributed by atoms with Crippen LogP contribution in [-0.4, -0.2) is 42.0 Å². The van der Waals surface area contributed by atoms with E-state index < -0.39 is 24.8 Å². The normalized spacial score (nSPS) is 11.1. The van der Waals surface area contributed by atoms with Gasteiger partial charge in [-0.3, -0.25) is 0 Å². The van der Waals surface area contributed by atoms with Crippen molar-refractivity contribution in [3.05, 3.63) is 60.6 Å². The summed E-state index contributed by atoms with van der Waals surface area (Å²) in [4.78, 5) is 28.2. The first-order valence-electron chi connectivity index (χ1n) is 10.2. The Kier molecular flexibility index (Phi) is 8.42. The van der Waals surface area contributed by atoms with Crippen molar-refractivity contribution in [1.82, 2.24) is 10.3 Å². The zero-order valence-corrected chi connectivity index (χ0v) is 18.3. The molecule has 0 aliphatic carbocycles. The predicted molar refractivity (Wildman–Crippen MR) is 122 cm³/mol. The number of amides is 3. The van der Waals surface area contributed by atoms with Crippen LogP contribution in [0, 0.1) is 11.3 Å². The van der Waals surface area contributed by atoms with Gasteiger partial charge >= 0.3 is 12.1 Å². The Bertz CT molecular complexity index is 1160. The zero-order chi connectivity index (χ0) is 24.3. The van der Waals surface area contributed by atoms with Crippen molar-refractivity contribution in [2.75, 3.05) is 24.4 Å². The van der Waals surface area contributed by atoms with E-state index in [0.717, 1.165) is 0 Å². The van der Waals surface area contributed by atoms with Gasteiger partial charge in [0.1, 0.15) is 11.9 Å². The molecule has 2 aromatic carbocycles. The molecule has 0 saturated carbocycles. The van der Waals surface area contributed by atoms with Crippen molar-refractivity contribution in [3.63, 3.8) is 0 Å². The number of carbonyl (C=O) groups excluding carboxylic acids is 2. The van der Waals surface area contributed by atoms with Crippen LogP contribution >= 0.6 is 0 Å². The molecule has 0 radical (unpaired) electrons. The maximum Gasteiger partial charge on any atom is 0.407 e. The third kappa shape index (κ3) is 6.72. The van der Waals surface area contributed by atoms with E-state index in [-0.39, 0.29) is 13.0 Å². The fourth-order valence-electron chi connectivity index (χ4n) is 2.99. The molecular formula is C23H23N5O6. The number of ether oxygens (including phenoxy) is 2. The van der Waals surface area contributed by atoms with E-state index >= 15 is 0 Å². The van der Waals surface area contributed by atoms with Gasteiger partial charge < -0.3 is 34.9 Å². The quantitative estimate of drug-likeness (QED) is 0.374. The highest BCUT2D eigenvalue weighted by Crippen LogP contribution is 2.32. The van der Waals surface area contributed by atoms with Crippen LogP contribution in [0.2, 0.25) is 0 Å². The van der Waals surface area contributed by atoms with Gasteiger partial charge in [-0.1, -0.05) is 12.1 Å². The molecule has 0 saturated heterocycles. The molecule has 0 unspecified atom stereocenters. The Morgan fingerprint density at radius 1 is 1.21 bits per heavy atom. The number of hydrogen-bond donors (Lipinski definition) is 4. The molecule has 1 aromatic heterocycles. The average Bonchev–Trinajstić information content (AvgIpc) is 3.37. The summed E-state index contributed by atoms with van der Waals surface area (Å²) in [6.07, 6.45) is 1.14. The Morgan fingerprint density at radius 2 is 2.00 bits per heavy atom. The molecule has 11 nitrogen and oxygen atoms in total. The number of carbonyl (C=O) groups is 2. The second-order valence-electron chi connectivity index (χ2n) is 6.99. The van der Waals surface area contributed by atoms with Crippen LogP contribution in [-0.2, 0) is 11.3 Å². The summed E-state index contributed by atoms with van der Waals surface area (Å²) < 4.78 is 15.6. The number of nitriles is 1. The van der Waals surface area contributed by atoms with Gasteiger partial charge in [0.05, 0.1) is 38.0 Å². The van der Waals surface area contributed by atoms with Crippen LogP contribution in [0.5, 0.6) is 5.75 Å². The number of methoxy groups -OCH3 is 1. The summed E-state index contributed by atoms with van der Waals surface area (Å²) in [5, 5.41) is 25.7. The first-order chi connectivity index (χ1) is 16.5.